The molecule has 0 radical (unpaired) electrons. The van der Waals surface area contributed by atoms with E-state index in [9.17, 15) is 14.4 Å². The predicted molar refractivity (Wildman–Crippen MR) is 148 cm³/mol. The average molecular weight is 521 g/mol. The lowest BCUT2D eigenvalue weighted by atomic mass is 9.99. The molecule has 0 saturated carbocycles. The van der Waals surface area contributed by atoms with Crippen LogP contribution >= 0.6 is 0 Å². The maximum atomic E-state index is 13.3. The number of rotatable bonds is 5. The van der Waals surface area contributed by atoms with Crippen LogP contribution in [0.2, 0.25) is 0 Å². The molecule has 0 saturated heterocycles. The second kappa shape index (κ2) is 9.25. The molecular weight excluding hydrogens is 496 g/mol. The molecular formula is C29H24N6O4. The Balaban J connectivity index is 1.30. The number of carbonyl (C=O) groups excluding carboxylic acids is 2. The van der Waals surface area contributed by atoms with E-state index in [1.165, 1.54) is 4.74 Å². The summed E-state index contributed by atoms with van der Waals surface area (Å²) in [5, 5.41) is 10.8. The molecule has 1 aliphatic rings. The van der Waals surface area contributed by atoms with E-state index in [0.717, 1.165) is 22.2 Å². The second-order valence-electron chi connectivity index (χ2n) is 9.35. The molecule has 194 valence electrons. The van der Waals surface area contributed by atoms with Crippen LogP contribution in [0.25, 0.3) is 33.2 Å². The van der Waals surface area contributed by atoms with Gasteiger partial charge >= 0.3 is 0 Å². The summed E-state index contributed by atoms with van der Waals surface area (Å²) in [6, 6.07) is 20.6. The molecule has 10 nitrogen and oxygen atoms in total. The van der Waals surface area contributed by atoms with Crippen molar-refractivity contribution in [1.82, 2.24) is 19.8 Å². The highest BCUT2D eigenvalue weighted by Crippen LogP contribution is 2.29. The summed E-state index contributed by atoms with van der Waals surface area (Å²) < 4.78 is 8.31. The Morgan fingerprint density at radius 3 is 2.38 bits per heavy atom. The largest absolute Gasteiger partial charge is 0.381 e. The van der Waals surface area contributed by atoms with Crippen molar-refractivity contribution < 1.29 is 14.1 Å². The van der Waals surface area contributed by atoms with Gasteiger partial charge in [0.2, 0.25) is 5.91 Å². The lowest BCUT2D eigenvalue weighted by Gasteiger charge is -2.07. The highest BCUT2D eigenvalue weighted by atomic mass is 16.5. The first-order valence-electron chi connectivity index (χ1n) is 12.3. The minimum absolute atomic E-state index is 0.0955. The summed E-state index contributed by atoms with van der Waals surface area (Å²) in [6.07, 6.45) is 0. The molecule has 5 aromatic rings. The minimum Gasteiger partial charge on any atom is -0.381 e. The molecule has 0 atom stereocenters. The van der Waals surface area contributed by atoms with Gasteiger partial charge in [-0.05, 0) is 47.9 Å². The number of anilines is 1. The Kier molecular flexibility index (Phi) is 5.72. The lowest BCUT2D eigenvalue weighted by Crippen LogP contribution is -2.25. The highest BCUT2D eigenvalue weighted by Gasteiger charge is 2.19. The van der Waals surface area contributed by atoms with Gasteiger partial charge in [-0.25, -0.2) is 0 Å². The van der Waals surface area contributed by atoms with Crippen molar-refractivity contribution in [1.29, 1.82) is 0 Å². The number of aryl methyl sites for hydroxylation is 3. The van der Waals surface area contributed by atoms with Crippen LogP contribution in [0, 0.1) is 6.92 Å². The third-order valence-corrected chi connectivity index (χ3v) is 6.73. The third-order valence-electron chi connectivity index (χ3n) is 6.73. The molecule has 39 heavy (non-hydrogen) atoms. The van der Waals surface area contributed by atoms with Crippen LogP contribution in [-0.4, -0.2) is 38.7 Å². The van der Waals surface area contributed by atoms with Crippen LogP contribution in [0.5, 0.6) is 0 Å². The van der Waals surface area contributed by atoms with E-state index in [1.807, 2.05) is 48.5 Å². The standard InChI is InChI=1S/C29H24N6O4/c1-16-25(29(38)35(3)39-16)18-9-7-17(8-10-18)19-11-12-23-22(14-19)26(33-34(23)2)28(37)31-21-6-4-5-20(13-21)27-30-15-24(36)32-27/h4-14H,15H2,1-3H3,(H,31,37)(H,30,32,36). The van der Waals surface area contributed by atoms with Gasteiger partial charge in [0.05, 0.1) is 11.1 Å². The Hall–Kier alpha value is -5.25. The molecule has 0 unspecified atom stereocenters. The van der Waals surface area contributed by atoms with Crippen LogP contribution in [0.3, 0.4) is 0 Å². The number of nitrogens with one attached hydrogen (secondary N) is 2. The van der Waals surface area contributed by atoms with Gasteiger partial charge in [0.25, 0.3) is 11.5 Å². The topological polar surface area (TPSA) is 124 Å². The van der Waals surface area contributed by atoms with Crippen molar-refractivity contribution in [2.45, 2.75) is 6.92 Å². The molecule has 3 aromatic carbocycles. The molecule has 0 aliphatic carbocycles. The number of carbonyl (C=O) groups is 2. The fourth-order valence-corrected chi connectivity index (χ4v) is 4.83. The van der Waals surface area contributed by atoms with E-state index in [2.05, 4.69) is 20.7 Å². The number of nitrogens with zero attached hydrogens (tertiary/aromatic N) is 4. The first-order valence-corrected chi connectivity index (χ1v) is 12.3. The van der Waals surface area contributed by atoms with Crippen molar-refractivity contribution in [3.8, 4) is 22.3 Å². The molecule has 6 rings (SSSR count). The first kappa shape index (κ1) is 24.1. The van der Waals surface area contributed by atoms with Crippen LogP contribution < -0.4 is 16.2 Å². The molecule has 2 amide bonds. The number of benzene rings is 3. The molecule has 3 heterocycles. The summed E-state index contributed by atoms with van der Waals surface area (Å²) in [4.78, 5) is 41.4. The zero-order valence-corrected chi connectivity index (χ0v) is 21.5. The Morgan fingerprint density at radius 1 is 0.949 bits per heavy atom. The highest BCUT2D eigenvalue weighted by molar-refractivity contribution is 6.14. The molecule has 10 heteroatoms. The predicted octanol–water partition coefficient (Wildman–Crippen LogP) is 3.64. The maximum absolute atomic E-state index is 13.3. The number of amides is 2. The lowest BCUT2D eigenvalue weighted by molar-refractivity contribution is -0.117. The van der Waals surface area contributed by atoms with Gasteiger partial charge < -0.3 is 15.2 Å². The van der Waals surface area contributed by atoms with Gasteiger partial charge in [0.15, 0.2) is 5.69 Å². The smallest absolute Gasteiger partial charge is 0.290 e. The fraction of sp³-hybridized carbons (Fsp3) is 0.138. The van der Waals surface area contributed by atoms with Crippen LogP contribution in [0.4, 0.5) is 5.69 Å². The van der Waals surface area contributed by atoms with Gasteiger partial charge in [-0.1, -0.05) is 42.5 Å². The molecule has 2 aromatic heterocycles. The summed E-state index contributed by atoms with van der Waals surface area (Å²) >= 11 is 0. The molecule has 0 bridgehead atoms. The van der Waals surface area contributed by atoms with E-state index >= 15 is 0 Å². The number of aromatic nitrogens is 3. The zero-order chi connectivity index (χ0) is 27.3. The van der Waals surface area contributed by atoms with Gasteiger partial charge in [-0.3, -0.25) is 24.1 Å². The van der Waals surface area contributed by atoms with Crippen molar-refractivity contribution >= 4 is 34.2 Å². The maximum Gasteiger partial charge on any atom is 0.290 e. The van der Waals surface area contributed by atoms with Gasteiger partial charge in [-0.2, -0.15) is 9.84 Å². The number of aliphatic imine (C=N–C) groups is 1. The monoisotopic (exact) mass is 520 g/mol. The zero-order valence-electron chi connectivity index (χ0n) is 21.5. The normalized spacial score (nSPS) is 13.0. The SMILES string of the molecule is Cc1on(C)c(=O)c1-c1ccc(-c2ccc3c(c2)c(C(=O)Nc2cccc(C4=NCC(=O)N4)c2)nn3C)cc1. The number of amidine groups is 1. The average Bonchev–Trinajstić information content (AvgIpc) is 3.59. The Labute approximate surface area is 222 Å². The first-order chi connectivity index (χ1) is 18.8. The van der Waals surface area contributed by atoms with Gasteiger partial charge in [0.1, 0.15) is 18.1 Å². The van der Waals surface area contributed by atoms with E-state index in [4.69, 9.17) is 4.52 Å². The van der Waals surface area contributed by atoms with Crippen LogP contribution in [0.15, 0.2) is 81.0 Å². The number of hydrogen-bond acceptors (Lipinski definition) is 6. The van der Waals surface area contributed by atoms with Crippen molar-refractivity contribution in [3.63, 3.8) is 0 Å². The molecule has 2 N–H and O–H groups in total. The van der Waals surface area contributed by atoms with E-state index < -0.39 is 0 Å². The van der Waals surface area contributed by atoms with Crippen LogP contribution in [-0.2, 0) is 18.9 Å². The van der Waals surface area contributed by atoms with Gasteiger partial charge in [0, 0.05) is 30.7 Å². The van der Waals surface area contributed by atoms with Crippen molar-refractivity contribution in [3.05, 3.63) is 94.1 Å². The third kappa shape index (κ3) is 4.31. The summed E-state index contributed by atoms with van der Waals surface area (Å²) in [6.45, 7) is 1.86. The van der Waals surface area contributed by atoms with Crippen LogP contribution in [0.1, 0.15) is 21.8 Å². The summed E-state index contributed by atoms with van der Waals surface area (Å²) in [5.41, 5.74) is 5.35. The minimum atomic E-state index is -0.353. The molecule has 0 fully saturated rings. The Morgan fingerprint density at radius 2 is 1.69 bits per heavy atom. The van der Waals surface area contributed by atoms with Gasteiger partial charge in [-0.15, -0.1) is 0 Å². The van der Waals surface area contributed by atoms with E-state index in [1.54, 1.807) is 43.9 Å². The number of hydrogen-bond donors (Lipinski definition) is 2. The van der Waals surface area contributed by atoms with Crippen molar-refractivity contribution in [2.75, 3.05) is 11.9 Å². The molecule has 0 spiro atoms. The second-order valence-corrected chi connectivity index (χ2v) is 9.35. The summed E-state index contributed by atoms with van der Waals surface area (Å²) in [5.74, 6) is 0.534. The fourth-order valence-electron chi connectivity index (χ4n) is 4.83. The Bertz CT molecular complexity index is 1870. The van der Waals surface area contributed by atoms with E-state index in [0.29, 0.717) is 39.5 Å². The summed E-state index contributed by atoms with van der Waals surface area (Å²) in [7, 11) is 3.38. The quantitative estimate of drug-likeness (QED) is 0.366. The van der Waals surface area contributed by atoms with Crippen molar-refractivity contribution in [2.24, 2.45) is 19.1 Å². The number of fused-ring (bicyclic) bond motifs is 1. The van der Waals surface area contributed by atoms with E-state index in [-0.39, 0.29) is 23.9 Å². The molecule has 1 aliphatic heterocycles.